The number of allylic oxidation sites excluding steroid dienone is 4. The van der Waals surface area contributed by atoms with Crippen LogP contribution in [0.4, 0.5) is 11.4 Å². The molecular formula is C47H58N2O20S5. The predicted octanol–water partition coefficient (Wildman–Crippen LogP) is 5.61. The molecule has 4 aromatic carbocycles. The summed E-state index contributed by atoms with van der Waals surface area (Å²) >= 11 is 0. The lowest BCUT2D eigenvalue weighted by Crippen LogP contribution is -2.33. The Morgan fingerprint density at radius 2 is 1.27 bits per heavy atom. The largest absolute Gasteiger partial charge is 0.744 e. The second-order valence-corrected chi connectivity index (χ2v) is 25.4. The number of carbonyl (C=O) groups is 1. The summed E-state index contributed by atoms with van der Waals surface area (Å²) in [5, 5.41) is 9.05. The Hall–Kier alpha value is -4.75. The number of nitrogens with zero attached hydrogens (tertiary/aromatic N) is 2. The van der Waals surface area contributed by atoms with E-state index in [4.69, 9.17) is 14.2 Å². The average Bonchev–Trinajstić information content (AvgIpc) is 3.67. The minimum absolute atomic E-state index is 0.0542. The number of anilines is 1. The lowest BCUT2D eigenvalue weighted by atomic mass is 9.74. The van der Waals surface area contributed by atoms with Crippen molar-refractivity contribution in [3.8, 4) is 0 Å². The Bertz CT molecular complexity index is 3540. The van der Waals surface area contributed by atoms with E-state index >= 15 is 0 Å². The number of methoxy groups -OCH3 is 1. The molecule has 2 atom stereocenters. The quantitative estimate of drug-likeness (QED) is 0.0289. The van der Waals surface area contributed by atoms with Crippen LogP contribution < -0.4 is 4.90 Å². The molecule has 2 heterocycles. The van der Waals surface area contributed by atoms with Crippen molar-refractivity contribution in [2.75, 3.05) is 63.9 Å². The first-order chi connectivity index (χ1) is 34.4. The molecule has 0 saturated carbocycles. The van der Waals surface area contributed by atoms with Crippen LogP contribution in [0.2, 0.25) is 0 Å². The predicted molar refractivity (Wildman–Crippen MR) is 270 cm³/mol. The van der Waals surface area contributed by atoms with Crippen LogP contribution in [-0.2, 0) is 80.4 Å². The van der Waals surface area contributed by atoms with Crippen molar-refractivity contribution in [2.45, 2.75) is 96.1 Å². The molecule has 4 aromatic rings. The summed E-state index contributed by atoms with van der Waals surface area (Å²) in [6.07, 6.45) is 5.86. The molecule has 2 unspecified atom stereocenters. The molecule has 0 bridgehead atoms. The molecule has 27 heteroatoms. The summed E-state index contributed by atoms with van der Waals surface area (Å²) < 4.78 is 198. The molecule has 5 N–H and O–H groups in total. The van der Waals surface area contributed by atoms with Crippen LogP contribution in [0.25, 0.3) is 21.5 Å². The number of carboxylic acid groups (broad SMARTS) is 1. The summed E-state index contributed by atoms with van der Waals surface area (Å²) in [5.74, 6) is -1.74. The van der Waals surface area contributed by atoms with Crippen LogP contribution in [-0.4, -0.2) is 145 Å². The van der Waals surface area contributed by atoms with E-state index in [1.165, 1.54) is 25.3 Å². The van der Waals surface area contributed by atoms with Gasteiger partial charge in [0.1, 0.15) is 21.6 Å². The van der Waals surface area contributed by atoms with E-state index in [1.807, 2.05) is 23.3 Å². The van der Waals surface area contributed by atoms with Crippen LogP contribution in [0.1, 0.15) is 76.8 Å². The number of ether oxygens (including phenoxy) is 3. The number of hydrogen-bond donors (Lipinski definition) is 5. The number of aliphatic carboxylic acids is 1. The lowest BCUT2D eigenvalue weighted by Gasteiger charge is -2.31. The minimum atomic E-state index is -5.41. The SMILES string of the molecule is CC[N+]1=C(/C=C/C=C2/N(CCCCCC(=O)O)c3ccc4c(S(=O)(=O)[O-])cc(S(=O)(=O)O)cc4c3C2(C)CCCS(=O)(=O)O)C(C)(CCOCCOCCOC)c2c1ccc1c(S(=O)(=O)O)cc(S(=O)(=O)O)cc21. The van der Waals surface area contributed by atoms with Gasteiger partial charge in [-0.2, -0.15) is 38.2 Å². The summed E-state index contributed by atoms with van der Waals surface area (Å²) in [6.45, 7) is 6.85. The molecule has 2 aliphatic rings. The minimum Gasteiger partial charge on any atom is -0.744 e. The molecule has 74 heavy (non-hydrogen) atoms. The molecule has 406 valence electrons. The number of rotatable bonds is 26. The first-order valence-electron chi connectivity index (χ1n) is 23.1. The fraction of sp³-hybridized carbons (Fsp3) is 0.447. The van der Waals surface area contributed by atoms with Gasteiger partial charge in [-0.25, -0.2) is 8.42 Å². The van der Waals surface area contributed by atoms with E-state index in [9.17, 15) is 74.8 Å². The topological polar surface area (TPSA) is 346 Å². The summed E-state index contributed by atoms with van der Waals surface area (Å²) in [6, 6.07) is 9.16. The van der Waals surface area contributed by atoms with Crippen LogP contribution in [0.15, 0.2) is 92.0 Å². The molecule has 0 fully saturated rings. The molecular weight excluding hydrogens is 1070 g/mol. The standard InChI is InChI=1S/C47H58N2O20S5/c1-5-48-37-16-14-33-35(27-31(71(55,56)57)29-39(33)73(61,62)63)44(37)47(3,19-21-68-24-25-69-23-22-67-4)41(48)11-9-12-42-46(2,18-10-26-70(52,53)54)45-36-28-32(72(58,59)60)30-40(74(64,65)66)34(36)15-17-38(45)49(42)20-8-6-7-13-43(50)51/h9,11-12,14-17,27-30H,5-8,10,13,18-26H2,1-4H3,(H5-,50,51,52,53,54,55,56,57,58,59,60,61,62,63,64,65,66). The highest BCUT2D eigenvalue weighted by molar-refractivity contribution is 7.87. The first kappa shape index (κ1) is 58.5. The van der Waals surface area contributed by atoms with Gasteiger partial charge in [-0.05, 0) is 117 Å². The van der Waals surface area contributed by atoms with E-state index in [-0.39, 0.29) is 85.7 Å². The van der Waals surface area contributed by atoms with Crippen LogP contribution in [0, 0.1) is 0 Å². The van der Waals surface area contributed by atoms with E-state index in [0.717, 1.165) is 12.1 Å². The van der Waals surface area contributed by atoms with Crippen LogP contribution >= 0.6 is 0 Å². The Kier molecular flexibility index (Phi) is 17.8. The number of benzene rings is 4. The van der Waals surface area contributed by atoms with Gasteiger partial charge in [0, 0.05) is 66.6 Å². The maximum Gasteiger partial charge on any atom is 0.303 e. The highest BCUT2D eigenvalue weighted by atomic mass is 32.2. The molecule has 0 aliphatic carbocycles. The summed E-state index contributed by atoms with van der Waals surface area (Å²) in [4.78, 5) is 9.77. The number of carboxylic acids is 1. The zero-order valence-corrected chi connectivity index (χ0v) is 44.8. The van der Waals surface area contributed by atoms with Gasteiger partial charge in [0.15, 0.2) is 5.71 Å². The van der Waals surface area contributed by atoms with Crippen molar-refractivity contribution >= 4 is 95.2 Å². The van der Waals surface area contributed by atoms with Crippen LogP contribution in [0.5, 0.6) is 0 Å². The van der Waals surface area contributed by atoms with Crippen molar-refractivity contribution in [3.05, 3.63) is 83.6 Å². The van der Waals surface area contributed by atoms with E-state index in [0.29, 0.717) is 73.0 Å². The monoisotopic (exact) mass is 1130 g/mol. The van der Waals surface area contributed by atoms with Gasteiger partial charge in [0.05, 0.1) is 52.3 Å². The maximum atomic E-state index is 12.8. The van der Waals surface area contributed by atoms with E-state index in [2.05, 4.69) is 0 Å². The molecule has 0 spiro atoms. The van der Waals surface area contributed by atoms with Crippen molar-refractivity contribution in [1.82, 2.24) is 0 Å². The van der Waals surface area contributed by atoms with Gasteiger partial charge < -0.3 is 28.8 Å². The van der Waals surface area contributed by atoms with Gasteiger partial charge >= 0.3 is 5.97 Å². The fourth-order valence-corrected chi connectivity index (χ4v) is 13.3. The van der Waals surface area contributed by atoms with Gasteiger partial charge in [-0.15, -0.1) is 0 Å². The average molecular weight is 1130 g/mol. The second-order valence-electron chi connectivity index (χ2n) is 18.2. The summed E-state index contributed by atoms with van der Waals surface area (Å²) in [5.41, 5.74) is -0.0851. The van der Waals surface area contributed by atoms with Gasteiger partial charge in [0.2, 0.25) is 5.69 Å². The maximum absolute atomic E-state index is 12.8. The van der Waals surface area contributed by atoms with Crippen molar-refractivity contribution in [3.63, 3.8) is 0 Å². The molecule has 0 amide bonds. The fourth-order valence-electron chi connectivity index (χ4n) is 10.1. The Labute approximate surface area is 430 Å². The van der Waals surface area contributed by atoms with E-state index in [1.54, 1.807) is 31.2 Å². The first-order valence-corrected chi connectivity index (χ1v) is 30.5. The van der Waals surface area contributed by atoms with Crippen molar-refractivity contribution < 1.29 is 93.5 Å². The van der Waals surface area contributed by atoms with Crippen molar-refractivity contribution in [1.29, 1.82) is 0 Å². The van der Waals surface area contributed by atoms with Gasteiger partial charge in [-0.3, -0.25) is 23.0 Å². The lowest BCUT2D eigenvalue weighted by molar-refractivity contribution is -0.433. The van der Waals surface area contributed by atoms with E-state index < -0.39 is 92.7 Å². The highest BCUT2D eigenvalue weighted by Gasteiger charge is 2.49. The Morgan fingerprint density at radius 3 is 1.84 bits per heavy atom. The second kappa shape index (κ2) is 22.5. The Morgan fingerprint density at radius 1 is 0.689 bits per heavy atom. The molecule has 0 radical (unpaired) electrons. The molecule has 2 aliphatic heterocycles. The zero-order valence-electron chi connectivity index (χ0n) is 40.8. The van der Waals surface area contributed by atoms with Crippen LogP contribution in [0.3, 0.4) is 0 Å². The highest BCUT2D eigenvalue weighted by Crippen LogP contribution is 2.55. The zero-order chi connectivity index (χ0) is 54.8. The normalized spacial score (nSPS) is 19.1. The number of unbranched alkanes of at least 4 members (excludes halogenated alkanes) is 2. The Balaban J connectivity index is 1.61. The number of hydrogen-bond acceptors (Lipinski definition) is 16. The van der Waals surface area contributed by atoms with Crippen molar-refractivity contribution in [2.24, 2.45) is 0 Å². The molecule has 6 rings (SSSR count). The number of fused-ring (bicyclic) bond motifs is 6. The molecule has 22 nitrogen and oxygen atoms in total. The molecule has 0 aromatic heterocycles. The third-order valence-corrected chi connectivity index (χ3v) is 17.6. The smallest absolute Gasteiger partial charge is 0.303 e. The van der Waals surface area contributed by atoms with Gasteiger partial charge in [-0.1, -0.05) is 18.6 Å². The van der Waals surface area contributed by atoms with Gasteiger partial charge in [0.25, 0.3) is 40.5 Å². The summed E-state index contributed by atoms with van der Waals surface area (Å²) in [7, 11) is -23.7. The molecule has 0 saturated heterocycles. The third-order valence-electron chi connectivity index (χ3n) is 13.4. The third kappa shape index (κ3) is 12.7.